The molecule has 0 bridgehead atoms. The normalized spacial score (nSPS) is 12.6. The van der Waals surface area contributed by atoms with Crippen molar-refractivity contribution in [2.75, 3.05) is 0 Å². The van der Waals surface area contributed by atoms with Gasteiger partial charge in [0, 0.05) is 29.9 Å². The first kappa shape index (κ1) is 12.2. The van der Waals surface area contributed by atoms with Gasteiger partial charge in [0.25, 0.3) is 0 Å². The third-order valence-corrected chi connectivity index (χ3v) is 3.89. The quantitative estimate of drug-likeness (QED) is 0.902. The van der Waals surface area contributed by atoms with Crippen LogP contribution in [0.5, 0.6) is 0 Å². The molecule has 2 heterocycles. The zero-order valence-electron chi connectivity index (χ0n) is 10.4. The van der Waals surface area contributed by atoms with Crippen LogP contribution in [0.4, 0.5) is 0 Å². The Kier molecular flexibility index (Phi) is 3.86. The van der Waals surface area contributed by atoms with Crippen LogP contribution < -0.4 is 5.32 Å². The molecule has 0 aromatic carbocycles. The molecule has 0 saturated heterocycles. The Morgan fingerprint density at radius 2 is 2.24 bits per heavy atom. The summed E-state index contributed by atoms with van der Waals surface area (Å²) in [7, 11) is 0. The van der Waals surface area contributed by atoms with Crippen LogP contribution in [0.2, 0.25) is 0 Å². The summed E-state index contributed by atoms with van der Waals surface area (Å²) in [6, 6.07) is 4.35. The van der Waals surface area contributed by atoms with Gasteiger partial charge in [0.05, 0.1) is 5.69 Å². The van der Waals surface area contributed by atoms with E-state index in [2.05, 4.69) is 42.1 Å². The zero-order chi connectivity index (χ0) is 12.3. The summed E-state index contributed by atoms with van der Waals surface area (Å²) in [4.78, 5) is 9.94. The Bertz CT molecular complexity index is 459. The molecule has 4 heteroatoms. The van der Waals surface area contributed by atoms with Gasteiger partial charge in [0.15, 0.2) is 0 Å². The van der Waals surface area contributed by atoms with Gasteiger partial charge in [0.1, 0.15) is 5.01 Å². The Labute approximate surface area is 106 Å². The molecule has 2 aromatic heterocycles. The Morgan fingerprint density at radius 3 is 2.82 bits per heavy atom. The van der Waals surface area contributed by atoms with Gasteiger partial charge in [-0.05, 0) is 32.4 Å². The Morgan fingerprint density at radius 1 is 1.41 bits per heavy atom. The molecular weight excluding hydrogens is 230 g/mol. The molecule has 0 amide bonds. The molecule has 2 aromatic rings. The second-order valence-corrected chi connectivity index (χ2v) is 5.43. The fraction of sp³-hybridized carbons (Fsp3) is 0.385. The van der Waals surface area contributed by atoms with Crippen LogP contribution in [-0.2, 0) is 6.54 Å². The summed E-state index contributed by atoms with van der Waals surface area (Å²) in [5, 5.41) is 4.61. The number of aryl methyl sites for hydroxylation is 2. The molecule has 0 saturated carbocycles. The van der Waals surface area contributed by atoms with E-state index in [0.29, 0.717) is 6.04 Å². The van der Waals surface area contributed by atoms with Gasteiger partial charge in [-0.1, -0.05) is 6.07 Å². The first-order valence-corrected chi connectivity index (χ1v) is 6.54. The molecule has 0 fully saturated rings. The first-order valence-electron chi connectivity index (χ1n) is 5.73. The van der Waals surface area contributed by atoms with Crippen LogP contribution in [0, 0.1) is 13.8 Å². The number of thiazole rings is 1. The summed E-state index contributed by atoms with van der Waals surface area (Å²) in [6.45, 7) is 7.13. The molecule has 0 spiro atoms. The van der Waals surface area contributed by atoms with Crippen molar-refractivity contribution in [2.45, 2.75) is 33.4 Å². The Balaban J connectivity index is 1.94. The van der Waals surface area contributed by atoms with Gasteiger partial charge in [-0.2, -0.15) is 0 Å². The fourth-order valence-corrected chi connectivity index (χ4v) is 2.49. The first-order chi connectivity index (χ1) is 8.16. The maximum Gasteiger partial charge on any atom is 0.107 e. The van der Waals surface area contributed by atoms with Crippen molar-refractivity contribution in [3.63, 3.8) is 0 Å². The van der Waals surface area contributed by atoms with Crippen LogP contribution in [0.25, 0.3) is 0 Å². The maximum atomic E-state index is 4.52. The van der Waals surface area contributed by atoms with Crippen LogP contribution in [0.3, 0.4) is 0 Å². The number of nitrogens with zero attached hydrogens (tertiary/aromatic N) is 2. The van der Waals surface area contributed by atoms with Crippen molar-refractivity contribution in [1.82, 2.24) is 15.3 Å². The van der Waals surface area contributed by atoms with E-state index in [4.69, 9.17) is 0 Å². The van der Waals surface area contributed by atoms with E-state index >= 15 is 0 Å². The summed E-state index contributed by atoms with van der Waals surface area (Å²) in [5.41, 5.74) is 2.35. The summed E-state index contributed by atoms with van der Waals surface area (Å²) >= 11 is 1.76. The van der Waals surface area contributed by atoms with Gasteiger partial charge in [-0.15, -0.1) is 11.3 Å². The lowest BCUT2D eigenvalue weighted by atomic mass is 10.1. The van der Waals surface area contributed by atoms with Crippen LogP contribution >= 0.6 is 11.3 Å². The highest BCUT2D eigenvalue weighted by molar-refractivity contribution is 7.11. The van der Waals surface area contributed by atoms with Gasteiger partial charge in [0.2, 0.25) is 0 Å². The zero-order valence-corrected chi connectivity index (χ0v) is 11.2. The third kappa shape index (κ3) is 3.11. The SMILES string of the molecule is Cc1nc(CN[C@@H](C)c2cccnc2)sc1C. The highest BCUT2D eigenvalue weighted by atomic mass is 32.1. The molecule has 0 radical (unpaired) electrons. The summed E-state index contributed by atoms with van der Waals surface area (Å²) in [6.07, 6.45) is 3.69. The predicted molar refractivity (Wildman–Crippen MR) is 71.1 cm³/mol. The monoisotopic (exact) mass is 247 g/mol. The standard InChI is InChI=1S/C13H17N3S/c1-9-11(3)17-13(16-9)8-15-10(2)12-5-4-6-14-7-12/h4-7,10,15H,8H2,1-3H3/t10-/m0/s1. The molecule has 2 rings (SSSR count). The number of hydrogen-bond acceptors (Lipinski definition) is 4. The highest BCUT2D eigenvalue weighted by Gasteiger charge is 2.07. The second kappa shape index (κ2) is 5.38. The molecule has 3 nitrogen and oxygen atoms in total. The van der Waals surface area contributed by atoms with E-state index in [0.717, 1.165) is 17.2 Å². The van der Waals surface area contributed by atoms with E-state index in [1.165, 1.54) is 10.4 Å². The molecule has 0 aliphatic rings. The Hall–Kier alpha value is -1.26. The lowest BCUT2D eigenvalue weighted by molar-refractivity contribution is 0.571. The largest absolute Gasteiger partial charge is 0.304 e. The van der Waals surface area contributed by atoms with Crippen LogP contribution in [0.15, 0.2) is 24.5 Å². The summed E-state index contributed by atoms with van der Waals surface area (Å²) < 4.78 is 0. The number of aromatic nitrogens is 2. The molecule has 1 N–H and O–H groups in total. The van der Waals surface area contributed by atoms with E-state index in [9.17, 15) is 0 Å². The van der Waals surface area contributed by atoms with Crippen molar-refractivity contribution >= 4 is 11.3 Å². The molecule has 17 heavy (non-hydrogen) atoms. The van der Waals surface area contributed by atoms with Crippen molar-refractivity contribution in [3.05, 3.63) is 45.7 Å². The van der Waals surface area contributed by atoms with Gasteiger partial charge in [-0.25, -0.2) is 4.98 Å². The van der Waals surface area contributed by atoms with E-state index in [1.807, 2.05) is 12.3 Å². The van der Waals surface area contributed by atoms with Gasteiger partial charge in [-0.3, -0.25) is 4.98 Å². The minimum Gasteiger partial charge on any atom is -0.304 e. The maximum absolute atomic E-state index is 4.52. The predicted octanol–water partition coefficient (Wildman–Crippen LogP) is 3.01. The minimum atomic E-state index is 0.299. The third-order valence-electron chi connectivity index (χ3n) is 2.82. The van der Waals surface area contributed by atoms with E-state index in [-0.39, 0.29) is 0 Å². The highest BCUT2D eigenvalue weighted by Crippen LogP contribution is 2.17. The molecule has 0 aliphatic carbocycles. The molecule has 0 aliphatic heterocycles. The van der Waals surface area contributed by atoms with E-state index < -0.39 is 0 Å². The van der Waals surface area contributed by atoms with Crippen molar-refractivity contribution in [2.24, 2.45) is 0 Å². The number of hydrogen-bond donors (Lipinski definition) is 1. The lowest BCUT2D eigenvalue weighted by Crippen LogP contribution is -2.18. The average molecular weight is 247 g/mol. The van der Waals surface area contributed by atoms with Gasteiger partial charge >= 0.3 is 0 Å². The number of pyridine rings is 1. The summed E-state index contributed by atoms with van der Waals surface area (Å²) in [5.74, 6) is 0. The molecule has 90 valence electrons. The number of nitrogens with one attached hydrogen (secondary N) is 1. The molecule has 0 unspecified atom stereocenters. The van der Waals surface area contributed by atoms with Crippen LogP contribution in [-0.4, -0.2) is 9.97 Å². The van der Waals surface area contributed by atoms with Gasteiger partial charge < -0.3 is 5.32 Å². The van der Waals surface area contributed by atoms with Crippen molar-refractivity contribution in [3.8, 4) is 0 Å². The number of rotatable bonds is 4. The molecular formula is C13H17N3S. The van der Waals surface area contributed by atoms with Crippen molar-refractivity contribution in [1.29, 1.82) is 0 Å². The molecule has 1 atom stereocenters. The topological polar surface area (TPSA) is 37.8 Å². The second-order valence-electron chi connectivity index (χ2n) is 4.14. The lowest BCUT2D eigenvalue weighted by Gasteiger charge is -2.12. The fourth-order valence-electron chi connectivity index (χ4n) is 1.61. The van der Waals surface area contributed by atoms with Crippen LogP contribution in [0.1, 0.15) is 34.1 Å². The minimum absolute atomic E-state index is 0.299. The smallest absolute Gasteiger partial charge is 0.107 e. The van der Waals surface area contributed by atoms with E-state index in [1.54, 1.807) is 17.5 Å². The van der Waals surface area contributed by atoms with Crippen molar-refractivity contribution < 1.29 is 0 Å². The average Bonchev–Trinajstić information content (AvgIpc) is 2.67.